The van der Waals surface area contributed by atoms with Crippen LogP contribution in [0.25, 0.3) is 22.8 Å². The summed E-state index contributed by atoms with van der Waals surface area (Å²) in [6.45, 7) is 8.28. The third-order valence-electron chi connectivity index (χ3n) is 5.35. The summed E-state index contributed by atoms with van der Waals surface area (Å²) in [5.41, 5.74) is 4.89. The van der Waals surface area contributed by atoms with Gasteiger partial charge in [-0.25, -0.2) is 0 Å². The van der Waals surface area contributed by atoms with E-state index in [0.29, 0.717) is 35.1 Å². The van der Waals surface area contributed by atoms with E-state index < -0.39 is 0 Å². The fourth-order valence-electron chi connectivity index (χ4n) is 3.70. The molecular formula is C28H37N5O3. The maximum atomic E-state index is 10.6. The smallest absolute Gasteiger partial charge is 0.258 e. The van der Waals surface area contributed by atoms with Gasteiger partial charge in [0.1, 0.15) is 11.8 Å². The largest absolute Gasteiger partial charge is 0.490 e. The van der Waals surface area contributed by atoms with E-state index in [-0.39, 0.29) is 12.0 Å². The molecule has 0 fully saturated rings. The first-order chi connectivity index (χ1) is 17.3. The number of nitriles is 1. The molecular weight excluding hydrogens is 454 g/mol. The molecule has 1 aliphatic carbocycles. The van der Waals surface area contributed by atoms with Crippen molar-refractivity contribution in [2.45, 2.75) is 53.1 Å². The van der Waals surface area contributed by atoms with Crippen LogP contribution >= 0.6 is 0 Å². The lowest BCUT2D eigenvalue weighted by Crippen LogP contribution is -2.30. The van der Waals surface area contributed by atoms with E-state index >= 15 is 0 Å². The number of carbonyl (C=O) groups excluding carboxylic acids is 1. The van der Waals surface area contributed by atoms with Gasteiger partial charge in [0.25, 0.3) is 5.89 Å². The molecule has 0 bridgehead atoms. The van der Waals surface area contributed by atoms with Gasteiger partial charge in [-0.1, -0.05) is 37.2 Å². The second kappa shape index (κ2) is 14.0. The van der Waals surface area contributed by atoms with Crippen molar-refractivity contribution in [2.75, 3.05) is 27.7 Å². The number of benzene rings is 2. The number of nitrogens with zero attached hydrogens (tertiary/aromatic N) is 4. The van der Waals surface area contributed by atoms with Crippen molar-refractivity contribution in [1.29, 1.82) is 5.26 Å². The molecule has 0 aliphatic heterocycles. The highest BCUT2D eigenvalue weighted by Gasteiger charge is 2.20. The molecule has 0 spiro atoms. The Hall–Kier alpha value is -3.70. The first-order valence-electron chi connectivity index (χ1n) is 12.3. The maximum absolute atomic E-state index is 10.6. The fraction of sp³-hybridized carbons (Fsp3) is 0.429. The summed E-state index contributed by atoms with van der Waals surface area (Å²) in [4.78, 5) is 16.7. The van der Waals surface area contributed by atoms with Crippen molar-refractivity contribution in [3.8, 4) is 34.7 Å². The quantitative estimate of drug-likeness (QED) is 0.524. The van der Waals surface area contributed by atoms with E-state index in [9.17, 15) is 10.1 Å². The van der Waals surface area contributed by atoms with Crippen molar-refractivity contribution >= 4 is 5.91 Å². The molecule has 0 saturated heterocycles. The third kappa shape index (κ3) is 7.40. The SMILES string of the molecule is CC.CC(C)Oc1ccc(-c2nc(-c3cccc4c3CCC4)no2)cc1C#N.CNCC(=O)N(C)C. The van der Waals surface area contributed by atoms with Crippen LogP contribution in [0.2, 0.25) is 0 Å². The minimum Gasteiger partial charge on any atom is -0.490 e. The Labute approximate surface area is 214 Å². The van der Waals surface area contributed by atoms with Crippen LogP contribution in [0.1, 0.15) is 50.8 Å². The number of fused-ring (bicyclic) bond motifs is 1. The van der Waals surface area contributed by atoms with Crippen molar-refractivity contribution in [3.63, 3.8) is 0 Å². The monoisotopic (exact) mass is 491 g/mol. The molecule has 1 aliphatic rings. The van der Waals surface area contributed by atoms with Crippen LogP contribution in [0.4, 0.5) is 0 Å². The highest BCUT2D eigenvalue weighted by atomic mass is 16.5. The first kappa shape index (κ1) is 28.5. The van der Waals surface area contributed by atoms with E-state index in [4.69, 9.17) is 9.26 Å². The van der Waals surface area contributed by atoms with E-state index in [2.05, 4.69) is 27.6 Å². The molecule has 0 unspecified atom stereocenters. The van der Waals surface area contributed by atoms with Gasteiger partial charge < -0.3 is 19.5 Å². The van der Waals surface area contributed by atoms with Crippen LogP contribution in [-0.4, -0.2) is 54.7 Å². The zero-order valence-electron chi connectivity index (χ0n) is 22.4. The Kier molecular flexibility index (Phi) is 11.1. The summed E-state index contributed by atoms with van der Waals surface area (Å²) in [6.07, 6.45) is 3.33. The number of aromatic nitrogens is 2. The Bertz CT molecular complexity index is 1180. The number of hydrogen-bond acceptors (Lipinski definition) is 7. The van der Waals surface area contributed by atoms with Gasteiger partial charge in [-0.05, 0) is 69.5 Å². The number of nitrogens with one attached hydrogen (secondary N) is 1. The summed E-state index contributed by atoms with van der Waals surface area (Å²) < 4.78 is 11.1. The van der Waals surface area contributed by atoms with Crippen LogP contribution in [0, 0.1) is 11.3 Å². The molecule has 36 heavy (non-hydrogen) atoms. The van der Waals surface area contributed by atoms with Gasteiger partial charge in [-0.3, -0.25) is 4.79 Å². The Morgan fingerprint density at radius 2 is 1.97 bits per heavy atom. The number of ether oxygens (including phenoxy) is 1. The molecule has 1 N–H and O–H groups in total. The van der Waals surface area contributed by atoms with Gasteiger partial charge in [0.2, 0.25) is 11.7 Å². The molecule has 0 radical (unpaired) electrons. The third-order valence-corrected chi connectivity index (χ3v) is 5.35. The van der Waals surface area contributed by atoms with E-state index in [1.165, 1.54) is 17.5 Å². The predicted octanol–water partition coefficient (Wildman–Crippen LogP) is 4.87. The molecule has 1 heterocycles. The Morgan fingerprint density at radius 1 is 1.22 bits per heavy atom. The Balaban J connectivity index is 0.000000392. The molecule has 1 aromatic heterocycles. The number of hydrogen-bond donors (Lipinski definition) is 1. The number of amides is 1. The molecule has 3 aromatic rings. The fourth-order valence-corrected chi connectivity index (χ4v) is 3.70. The van der Waals surface area contributed by atoms with Crippen LogP contribution in [0.15, 0.2) is 40.9 Å². The van der Waals surface area contributed by atoms with Crippen molar-refractivity contribution in [3.05, 3.63) is 53.1 Å². The van der Waals surface area contributed by atoms with Crippen LogP contribution in [-0.2, 0) is 17.6 Å². The molecule has 8 heteroatoms. The molecule has 1 amide bonds. The van der Waals surface area contributed by atoms with E-state index in [0.717, 1.165) is 18.4 Å². The molecule has 2 aromatic carbocycles. The van der Waals surface area contributed by atoms with Crippen LogP contribution in [0.5, 0.6) is 5.75 Å². The summed E-state index contributed by atoms with van der Waals surface area (Å²) >= 11 is 0. The second-order valence-corrected chi connectivity index (χ2v) is 8.53. The lowest BCUT2D eigenvalue weighted by atomic mass is 10.0. The number of rotatable bonds is 6. The lowest BCUT2D eigenvalue weighted by Gasteiger charge is -2.11. The van der Waals surface area contributed by atoms with E-state index in [1.807, 2.05) is 45.9 Å². The standard InChI is InChI=1S/C21H19N3O2.C5H12N2O.C2H6/c1-13(2)25-19-10-9-15(11-16(19)12-22)21-23-20(24-26-21)18-8-4-6-14-5-3-7-17(14)18;1-6-4-5(8)7(2)3;1-2/h4,6,8-11,13H,3,5,7H2,1-2H3;6H,4H2,1-3H3;1-2H3. The van der Waals surface area contributed by atoms with E-state index in [1.54, 1.807) is 38.2 Å². The summed E-state index contributed by atoms with van der Waals surface area (Å²) in [5, 5.41) is 16.3. The topological polar surface area (TPSA) is 104 Å². The highest BCUT2D eigenvalue weighted by molar-refractivity contribution is 5.77. The van der Waals surface area contributed by atoms with Crippen molar-refractivity contribution in [2.24, 2.45) is 0 Å². The molecule has 192 valence electrons. The summed E-state index contributed by atoms with van der Waals surface area (Å²) in [7, 11) is 5.22. The zero-order chi connectivity index (χ0) is 26.7. The predicted molar refractivity (Wildman–Crippen MR) is 142 cm³/mol. The van der Waals surface area contributed by atoms with Gasteiger partial charge >= 0.3 is 0 Å². The number of likely N-dealkylation sites (N-methyl/N-ethyl adjacent to an activating group) is 2. The normalized spacial score (nSPS) is 11.4. The molecule has 4 rings (SSSR count). The number of aryl methyl sites for hydroxylation is 1. The van der Waals surface area contributed by atoms with Gasteiger partial charge in [-0.15, -0.1) is 0 Å². The van der Waals surface area contributed by atoms with Gasteiger partial charge in [0.15, 0.2) is 0 Å². The van der Waals surface area contributed by atoms with Crippen LogP contribution < -0.4 is 10.1 Å². The number of carbonyl (C=O) groups is 1. The molecule has 8 nitrogen and oxygen atoms in total. The molecule has 0 atom stereocenters. The first-order valence-corrected chi connectivity index (χ1v) is 12.3. The second-order valence-electron chi connectivity index (χ2n) is 8.53. The maximum Gasteiger partial charge on any atom is 0.258 e. The van der Waals surface area contributed by atoms with Gasteiger partial charge in [0, 0.05) is 25.2 Å². The highest BCUT2D eigenvalue weighted by Crippen LogP contribution is 2.32. The average molecular weight is 492 g/mol. The van der Waals surface area contributed by atoms with Crippen molar-refractivity contribution in [1.82, 2.24) is 20.4 Å². The van der Waals surface area contributed by atoms with Gasteiger partial charge in [0.05, 0.1) is 18.2 Å². The van der Waals surface area contributed by atoms with Crippen molar-refractivity contribution < 1.29 is 14.1 Å². The summed E-state index contributed by atoms with van der Waals surface area (Å²) in [6, 6.07) is 13.8. The lowest BCUT2D eigenvalue weighted by molar-refractivity contribution is -0.127. The minimum absolute atomic E-state index is 0.00290. The molecule has 0 saturated carbocycles. The van der Waals surface area contributed by atoms with Crippen LogP contribution in [0.3, 0.4) is 0 Å². The zero-order valence-corrected chi connectivity index (χ0v) is 22.4. The van der Waals surface area contributed by atoms with Gasteiger partial charge in [-0.2, -0.15) is 10.2 Å². The average Bonchev–Trinajstić information content (AvgIpc) is 3.56. The minimum atomic E-state index is 0.00290. The Morgan fingerprint density at radius 3 is 2.58 bits per heavy atom. The summed E-state index contributed by atoms with van der Waals surface area (Å²) in [5.74, 6) is 1.67.